The zero-order chi connectivity index (χ0) is 12.9. The van der Waals surface area contributed by atoms with Crippen LogP contribution in [0.2, 0.25) is 0 Å². The molecule has 0 fully saturated rings. The molecule has 0 N–H and O–H groups in total. The summed E-state index contributed by atoms with van der Waals surface area (Å²) < 4.78 is 0. The topological polar surface area (TPSA) is 15.6 Å². The molecule has 0 spiro atoms. The van der Waals surface area contributed by atoms with Gasteiger partial charge in [-0.15, -0.1) is 0 Å². The van der Waals surface area contributed by atoms with Gasteiger partial charge in [0.25, 0.3) is 0 Å². The third-order valence-electron chi connectivity index (χ3n) is 3.46. The maximum atomic E-state index is 3.84. The van der Waals surface area contributed by atoms with Crippen LogP contribution in [0.15, 0.2) is 41.5 Å². The van der Waals surface area contributed by atoms with Gasteiger partial charge >= 0.3 is 0 Å². The number of hydrogen-bond donors (Lipinski definition) is 0. The van der Waals surface area contributed by atoms with Crippen LogP contribution in [0.5, 0.6) is 0 Å². The van der Waals surface area contributed by atoms with Crippen molar-refractivity contribution in [3.8, 4) is 0 Å². The summed E-state index contributed by atoms with van der Waals surface area (Å²) in [5, 5.41) is 0. The molecule has 0 heterocycles. The fraction of sp³-hybridized carbons (Fsp3) is 0.400. The molecule has 2 nitrogen and oxygen atoms in total. The minimum Gasteiger partial charge on any atom is -0.294 e. The lowest BCUT2D eigenvalue weighted by atomic mass is 9.87. The summed E-state index contributed by atoms with van der Waals surface area (Å²) in [6.07, 6.45) is 3.88. The molecule has 92 valence electrons. The van der Waals surface area contributed by atoms with Gasteiger partial charge in [0.15, 0.2) is 0 Å². The molecule has 1 atom stereocenters. The molecule has 0 aromatic heterocycles. The van der Waals surface area contributed by atoms with Gasteiger partial charge in [-0.2, -0.15) is 0 Å². The van der Waals surface area contributed by atoms with Gasteiger partial charge < -0.3 is 0 Å². The molecule has 1 unspecified atom stereocenters. The van der Waals surface area contributed by atoms with E-state index in [1.807, 2.05) is 0 Å². The Balaban J connectivity index is 3.28. The van der Waals surface area contributed by atoms with Crippen LogP contribution in [-0.4, -0.2) is 25.2 Å². The lowest BCUT2D eigenvalue weighted by Gasteiger charge is -2.37. The van der Waals surface area contributed by atoms with Crippen molar-refractivity contribution in [1.82, 2.24) is 4.90 Å². The quantitative estimate of drug-likeness (QED) is 0.708. The third-order valence-corrected chi connectivity index (χ3v) is 3.46. The average molecular weight is 230 g/mol. The van der Waals surface area contributed by atoms with Crippen molar-refractivity contribution in [3.05, 3.63) is 47.7 Å². The molecular weight excluding hydrogens is 208 g/mol. The van der Waals surface area contributed by atoms with E-state index in [2.05, 4.69) is 74.8 Å². The molecule has 0 aliphatic heterocycles. The standard InChI is InChI=1S/C15H22N2/c1-6-17(5)15(3,11-12-16-4)14-10-8-7-9-13(14)2/h7-12H,4,6H2,1-3,5H3/b12-11-. The van der Waals surface area contributed by atoms with Crippen LogP contribution >= 0.6 is 0 Å². The molecule has 1 aromatic rings. The van der Waals surface area contributed by atoms with E-state index in [0.717, 1.165) is 6.54 Å². The highest BCUT2D eigenvalue weighted by Crippen LogP contribution is 2.31. The highest BCUT2D eigenvalue weighted by molar-refractivity contribution is 5.36. The second-order valence-electron chi connectivity index (χ2n) is 4.47. The summed E-state index contributed by atoms with van der Waals surface area (Å²) >= 11 is 0. The molecule has 0 saturated heterocycles. The first-order chi connectivity index (χ1) is 8.06. The molecule has 0 aliphatic carbocycles. The number of benzene rings is 1. The fourth-order valence-corrected chi connectivity index (χ4v) is 2.09. The number of nitrogens with zero attached hydrogens (tertiary/aromatic N) is 2. The summed E-state index contributed by atoms with van der Waals surface area (Å²) in [5.74, 6) is 0. The maximum Gasteiger partial charge on any atom is 0.0634 e. The van der Waals surface area contributed by atoms with Crippen LogP contribution in [0, 0.1) is 6.92 Å². The Labute approximate surface area is 105 Å². The Hall–Kier alpha value is -1.41. The van der Waals surface area contributed by atoms with Crippen molar-refractivity contribution in [2.24, 2.45) is 4.99 Å². The van der Waals surface area contributed by atoms with Crippen LogP contribution in [-0.2, 0) is 5.54 Å². The van der Waals surface area contributed by atoms with E-state index in [0.29, 0.717) is 0 Å². The van der Waals surface area contributed by atoms with Gasteiger partial charge in [-0.05, 0) is 51.4 Å². The molecule has 0 aliphatic rings. The molecule has 2 heteroatoms. The zero-order valence-corrected chi connectivity index (χ0v) is 11.3. The Morgan fingerprint density at radius 2 is 2.06 bits per heavy atom. The molecule has 0 saturated carbocycles. The van der Waals surface area contributed by atoms with Crippen molar-refractivity contribution < 1.29 is 0 Å². The fourth-order valence-electron chi connectivity index (χ4n) is 2.09. The Morgan fingerprint density at radius 1 is 1.41 bits per heavy atom. The van der Waals surface area contributed by atoms with Crippen LogP contribution in [0.4, 0.5) is 0 Å². The maximum absolute atomic E-state index is 3.84. The largest absolute Gasteiger partial charge is 0.294 e. The number of rotatable bonds is 5. The van der Waals surface area contributed by atoms with Gasteiger partial charge in [0.05, 0.1) is 5.54 Å². The van der Waals surface area contributed by atoms with Crippen molar-refractivity contribution in [1.29, 1.82) is 0 Å². The predicted octanol–water partition coefficient (Wildman–Crippen LogP) is 3.38. The lowest BCUT2D eigenvalue weighted by molar-refractivity contribution is 0.196. The first kappa shape index (κ1) is 13.7. The van der Waals surface area contributed by atoms with Crippen LogP contribution in [0.1, 0.15) is 25.0 Å². The van der Waals surface area contributed by atoms with Gasteiger partial charge in [0.1, 0.15) is 0 Å². The normalized spacial score (nSPS) is 15.1. The monoisotopic (exact) mass is 230 g/mol. The van der Waals surface area contributed by atoms with Crippen molar-refractivity contribution in [2.75, 3.05) is 13.6 Å². The Kier molecular flexibility index (Phi) is 4.64. The number of likely N-dealkylation sites (N-methyl/N-ethyl adjacent to an activating group) is 1. The highest BCUT2D eigenvalue weighted by atomic mass is 15.2. The Bertz CT molecular complexity index is 409. The van der Waals surface area contributed by atoms with E-state index in [-0.39, 0.29) is 5.54 Å². The van der Waals surface area contributed by atoms with E-state index < -0.39 is 0 Å². The van der Waals surface area contributed by atoms with Crippen LogP contribution in [0.3, 0.4) is 0 Å². The van der Waals surface area contributed by atoms with E-state index in [1.54, 1.807) is 6.20 Å². The Morgan fingerprint density at radius 3 is 2.59 bits per heavy atom. The number of aryl methyl sites for hydroxylation is 1. The smallest absolute Gasteiger partial charge is 0.0634 e. The third kappa shape index (κ3) is 2.83. The van der Waals surface area contributed by atoms with Gasteiger partial charge in [-0.3, -0.25) is 9.89 Å². The van der Waals surface area contributed by atoms with Crippen LogP contribution < -0.4 is 0 Å². The average Bonchev–Trinajstić information content (AvgIpc) is 2.35. The van der Waals surface area contributed by atoms with Crippen LogP contribution in [0.25, 0.3) is 0 Å². The van der Waals surface area contributed by atoms with Crippen molar-refractivity contribution in [2.45, 2.75) is 26.3 Å². The minimum absolute atomic E-state index is 0.138. The summed E-state index contributed by atoms with van der Waals surface area (Å²) in [4.78, 5) is 6.14. The molecule has 0 amide bonds. The van der Waals surface area contributed by atoms with E-state index in [9.17, 15) is 0 Å². The summed E-state index contributed by atoms with van der Waals surface area (Å²) in [7, 11) is 2.12. The van der Waals surface area contributed by atoms with Gasteiger partial charge in [0, 0.05) is 6.20 Å². The number of hydrogen-bond acceptors (Lipinski definition) is 2. The molecule has 0 bridgehead atoms. The minimum atomic E-state index is -0.138. The first-order valence-electron chi connectivity index (χ1n) is 5.97. The molecule has 0 radical (unpaired) electrons. The van der Waals surface area contributed by atoms with Crippen molar-refractivity contribution in [3.63, 3.8) is 0 Å². The van der Waals surface area contributed by atoms with E-state index in [1.165, 1.54) is 11.1 Å². The number of aliphatic imine (C=N–C) groups is 1. The molecule has 1 aromatic carbocycles. The molecule has 17 heavy (non-hydrogen) atoms. The predicted molar refractivity (Wildman–Crippen MR) is 75.5 cm³/mol. The summed E-state index contributed by atoms with van der Waals surface area (Å²) in [6, 6.07) is 8.47. The molecule has 1 rings (SSSR count). The van der Waals surface area contributed by atoms with E-state index in [4.69, 9.17) is 0 Å². The van der Waals surface area contributed by atoms with Crippen molar-refractivity contribution >= 4 is 6.72 Å². The zero-order valence-electron chi connectivity index (χ0n) is 11.3. The van der Waals surface area contributed by atoms with Gasteiger partial charge in [-0.25, -0.2) is 0 Å². The summed E-state index contributed by atoms with van der Waals surface area (Å²) in [5.41, 5.74) is 2.47. The van der Waals surface area contributed by atoms with Gasteiger partial charge in [-0.1, -0.05) is 31.2 Å². The summed E-state index contributed by atoms with van der Waals surface area (Å²) in [6.45, 7) is 11.0. The second kappa shape index (κ2) is 5.78. The molecular formula is C15H22N2. The lowest BCUT2D eigenvalue weighted by Crippen LogP contribution is -2.40. The SMILES string of the molecule is C=N/C=C\C(C)(c1ccccc1C)N(C)CC. The highest BCUT2D eigenvalue weighted by Gasteiger charge is 2.28. The van der Waals surface area contributed by atoms with E-state index >= 15 is 0 Å². The second-order valence-corrected chi connectivity index (χ2v) is 4.47. The van der Waals surface area contributed by atoms with Gasteiger partial charge in [0.2, 0.25) is 0 Å². The first-order valence-corrected chi connectivity index (χ1v) is 5.97.